The summed E-state index contributed by atoms with van der Waals surface area (Å²) in [6, 6.07) is 20.5. The van der Waals surface area contributed by atoms with Crippen molar-refractivity contribution < 1.29 is 9.53 Å². The number of amides is 1. The van der Waals surface area contributed by atoms with Crippen LogP contribution in [0.15, 0.2) is 79.1 Å². The summed E-state index contributed by atoms with van der Waals surface area (Å²) in [6.45, 7) is 0.366. The van der Waals surface area contributed by atoms with Crippen molar-refractivity contribution >= 4 is 34.8 Å². The summed E-state index contributed by atoms with van der Waals surface area (Å²) >= 11 is 6.06. The summed E-state index contributed by atoms with van der Waals surface area (Å²) in [4.78, 5) is 27.6. The minimum atomic E-state index is -0.119. The average Bonchev–Trinajstić information content (AvgIpc) is 2.81. The van der Waals surface area contributed by atoms with Crippen molar-refractivity contribution in [3.8, 4) is 17.0 Å². The molecule has 0 spiro atoms. The van der Waals surface area contributed by atoms with Gasteiger partial charge in [0.05, 0.1) is 23.6 Å². The first kappa shape index (κ1) is 20.0. The molecule has 7 nitrogen and oxygen atoms in total. The normalized spacial score (nSPS) is 12.8. The maximum Gasteiger partial charge on any atom is 0.265 e. The van der Waals surface area contributed by atoms with Gasteiger partial charge in [0.25, 0.3) is 5.91 Å². The number of halogens is 1. The number of nitrogens with zero attached hydrogens (tertiary/aromatic N) is 4. The van der Waals surface area contributed by atoms with Crippen molar-refractivity contribution in [1.29, 1.82) is 0 Å². The molecule has 158 valence electrons. The van der Waals surface area contributed by atoms with Gasteiger partial charge < -0.3 is 10.1 Å². The summed E-state index contributed by atoms with van der Waals surface area (Å²) < 4.78 is 5.64. The van der Waals surface area contributed by atoms with Gasteiger partial charge >= 0.3 is 0 Å². The van der Waals surface area contributed by atoms with Crippen LogP contribution in [0.25, 0.3) is 11.3 Å². The van der Waals surface area contributed by atoms with Gasteiger partial charge in [0.2, 0.25) is 5.95 Å². The van der Waals surface area contributed by atoms with Crippen LogP contribution in [0.2, 0.25) is 5.02 Å². The Hall–Kier alpha value is -3.97. The molecule has 0 fully saturated rings. The van der Waals surface area contributed by atoms with Gasteiger partial charge in [0, 0.05) is 28.7 Å². The first-order chi connectivity index (χ1) is 15.7. The van der Waals surface area contributed by atoms with Gasteiger partial charge in [-0.1, -0.05) is 23.7 Å². The third-order valence-corrected chi connectivity index (χ3v) is 5.22. The lowest BCUT2D eigenvalue weighted by Gasteiger charge is -2.29. The highest BCUT2D eigenvalue weighted by atomic mass is 35.5. The molecular weight excluding hydrogens is 426 g/mol. The molecule has 0 bridgehead atoms. The molecule has 0 aliphatic carbocycles. The van der Waals surface area contributed by atoms with E-state index in [1.165, 1.54) is 0 Å². The van der Waals surface area contributed by atoms with Gasteiger partial charge in [-0.15, -0.1) is 0 Å². The van der Waals surface area contributed by atoms with Gasteiger partial charge in [-0.05, 0) is 54.6 Å². The Balaban J connectivity index is 1.46. The lowest BCUT2D eigenvalue weighted by molar-refractivity contribution is -0.121. The van der Waals surface area contributed by atoms with E-state index in [1.54, 1.807) is 29.4 Å². The highest BCUT2D eigenvalue weighted by Gasteiger charge is 2.26. The minimum Gasteiger partial charge on any atom is -0.482 e. The Morgan fingerprint density at radius 3 is 2.78 bits per heavy atom. The number of ether oxygens (including phenoxy) is 1. The van der Waals surface area contributed by atoms with Gasteiger partial charge in [-0.25, -0.2) is 9.97 Å². The molecule has 3 heterocycles. The second kappa shape index (κ2) is 8.64. The van der Waals surface area contributed by atoms with E-state index < -0.39 is 0 Å². The molecule has 5 rings (SSSR count). The fourth-order valence-corrected chi connectivity index (χ4v) is 3.65. The maximum absolute atomic E-state index is 12.6. The molecule has 8 heteroatoms. The van der Waals surface area contributed by atoms with Gasteiger partial charge in [-0.2, -0.15) is 0 Å². The van der Waals surface area contributed by atoms with E-state index in [0.717, 1.165) is 16.9 Å². The fourth-order valence-electron chi connectivity index (χ4n) is 3.46. The lowest BCUT2D eigenvalue weighted by atomic mass is 10.1. The largest absolute Gasteiger partial charge is 0.482 e. The Bertz CT molecular complexity index is 1280. The number of hydrogen-bond acceptors (Lipinski definition) is 6. The standard InChI is InChI=1S/C24H18ClN5O2/c25-17-4-3-6-18(13-17)28-24-27-11-9-20(29-24)16-7-8-22-21(12-16)30(23(31)15-32-22)14-19-5-1-2-10-26-19/h1-13H,14-15H2,(H,27,28,29). The molecule has 0 unspecified atom stereocenters. The highest BCUT2D eigenvalue weighted by Crippen LogP contribution is 2.36. The van der Waals surface area contributed by atoms with Crippen molar-refractivity contribution in [3.63, 3.8) is 0 Å². The van der Waals surface area contributed by atoms with Crippen LogP contribution in [-0.2, 0) is 11.3 Å². The monoisotopic (exact) mass is 443 g/mol. The SMILES string of the molecule is O=C1COc2ccc(-c3ccnc(Nc4cccc(Cl)c4)n3)cc2N1Cc1ccccn1. The smallest absolute Gasteiger partial charge is 0.265 e. The van der Waals surface area contributed by atoms with Crippen LogP contribution < -0.4 is 15.0 Å². The van der Waals surface area contributed by atoms with Crippen molar-refractivity contribution in [2.24, 2.45) is 0 Å². The first-order valence-corrected chi connectivity index (χ1v) is 10.4. The molecule has 4 aromatic rings. The zero-order valence-electron chi connectivity index (χ0n) is 16.9. The second-order valence-electron chi connectivity index (χ2n) is 7.17. The minimum absolute atomic E-state index is 0.000388. The molecule has 0 atom stereocenters. The summed E-state index contributed by atoms with van der Waals surface area (Å²) in [5, 5.41) is 3.79. The van der Waals surface area contributed by atoms with Crippen molar-refractivity contribution in [3.05, 3.63) is 89.8 Å². The summed E-state index contributed by atoms with van der Waals surface area (Å²) in [6.07, 6.45) is 3.40. The lowest BCUT2D eigenvalue weighted by Crippen LogP contribution is -2.38. The first-order valence-electron chi connectivity index (χ1n) is 9.99. The molecule has 0 saturated heterocycles. The quantitative estimate of drug-likeness (QED) is 0.474. The predicted molar refractivity (Wildman–Crippen MR) is 123 cm³/mol. The van der Waals surface area contributed by atoms with E-state index >= 15 is 0 Å². The van der Waals surface area contributed by atoms with Crippen molar-refractivity contribution in [2.45, 2.75) is 6.54 Å². The number of carbonyl (C=O) groups is 1. The van der Waals surface area contributed by atoms with Crippen molar-refractivity contribution in [2.75, 3.05) is 16.8 Å². The molecule has 2 aromatic carbocycles. The number of carbonyl (C=O) groups excluding carboxylic acids is 1. The van der Waals surface area contributed by atoms with E-state index in [9.17, 15) is 4.79 Å². The van der Waals surface area contributed by atoms with E-state index in [1.807, 2.05) is 54.6 Å². The number of nitrogens with one attached hydrogen (secondary N) is 1. The molecule has 1 amide bonds. The molecule has 2 aromatic heterocycles. The van der Waals surface area contributed by atoms with Crippen molar-refractivity contribution in [1.82, 2.24) is 15.0 Å². The summed E-state index contributed by atoms with van der Waals surface area (Å²) in [7, 11) is 0. The molecule has 1 N–H and O–H groups in total. The van der Waals surface area contributed by atoms with Crippen LogP contribution >= 0.6 is 11.6 Å². The maximum atomic E-state index is 12.6. The second-order valence-corrected chi connectivity index (χ2v) is 7.61. The zero-order chi connectivity index (χ0) is 21.9. The van der Waals surface area contributed by atoms with Crippen LogP contribution in [0.3, 0.4) is 0 Å². The number of pyridine rings is 1. The van der Waals surface area contributed by atoms with E-state index in [2.05, 4.69) is 20.3 Å². The number of aromatic nitrogens is 3. The third kappa shape index (κ3) is 4.24. The molecule has 0 radical (unpaired) electrons. The molecular formula is C24H18ClN5O2. The molecule has 0 saturated carbocycles. The van der Waals surface area contributed by atoms with Crippen LogP contribution in [0.5, 0.6) is 5.75 Å². The molecule has 1 aliphatic heterocycles. The van der Waals surface area contributed by atoms with Crippen LogP contribution in [-0.4, -0.2) is 27.5 Å². The topological polar surface area (TPSA) is 80.2 Å². The van der Waals surface area contributed by atoms with E-state index in [0.29, 0.717) is 34.6 Å². The van der Waals surface area contributed by atoms with Crippen LogP contribution in [0, 0.1) is 0 Å². The Morgan fingerprint density at radius 1 is 1.00 bits per heavy atom. The predicted octanol–water partition coefficient (Wildman–Crippen LogP) is 4.86. The average molecular weight is 444 g/mol. The number of anilines is 3. The fraction of sp³-hybridized carbons (Fsp3) is 0.0833. The van der Waals surface area contributed by atoms with Gasteiger partial charge in [0.1, 0.15) is 5.75 Å². The highest BCUT2D eigenvalue weighted by molar-refractivity contribution is 6.30. The summed E-state index contributed by atoms with van der Waals surface area (Å²) in [5.74, 6) is 0.974. The Kier molecular flexibility index (Phi) is 5.39. The van der Waals surface area contributed by atoms with Crippen LogP contribution in [0.1, 0.15) is 5.69 Å². The third-order valence-electron chi connectivity index (χ3n) is 4.98. The zero-order valence-corrected chi connectivity index (χ0v) is 17.7. The Morgan fingerprint density at radius 2 is 1.94 bits per heavy atom. The number of fused-ring (bicyclic) bond motifs is 1. The molecule has 1 aliphatic rings. The van der Waals surface area contributed by atoms with Gasteiger partial charge in [-0.3, -0.25) is 14.7 Å². The van der Waals surface area contributed by atoms with E-state index in [-0.39, 0.29) is 12.5 Å². The Labute approximate surface area is 189 Å². The number of benzene rings is 2. The summed E-state index contributed by atoms with van der Waals surface area (Å²) in [5.41, 5.74) is 3.83. The van der Waals surface area contributed by atoms with Crippen LogP contribution in [0.4, 0.5) is 17.3 Å². The molecule has 32 heavy (non-hydrogen) atoms. The van der Waals surface area contributed by atoms with E-state index in [4.69, 9.17) is 16.3 Å². The number of rotatable bonds is 5. The number of hydrogen-bond donors (Lipinski definition) is 1. The van der Waals surface area contributed by atoms with Gasteiger partial charge in [0.15, 0.2) is 6.61 Å².